The summed E-state index contributed by atoms with van der Waals surface area (Å²) in [6.07, 6.45) is 1.93. The van der Waals surface area contributed by atoms with Gasteiger partial charge in [0.15, 0.2) is 0 Å². The normalized spacial score (nSPS) is 13.9. The molecule has 0 aliphatic heterocycles. The van der Waals surface area contributed by atoms with Gasteiger partial charge in [-0.05, 0) is 133 Å². The van der Waals surface area contributed by atoms with Crippen molar-refractivity contribution in [2.45, 2.75) is 98.2 Å². The van der Waals surface area contributed by atoms with E-state index in [2.05, 4.69) is 109 Å². The van der Waals surface area contributed by atoms with E-state index in [9.17, 15) is 5.48 Å². The minimum atomic E-state index is -2.66. The van der Waals surface area contributed by atoms with Gasteiger partial charge in [0.2, 0.25) is 0 Å². The fourth-order valence-electron chi connectivity index (χ4n) is 9.23. The predicted molar refractivity (Wildman–Crippen MR) is 292 cm³/mol. The topological polar surface area (TPSA) is 38.7 Å². The van der Waals surface area contributed by atoms with Gasteiger partial charge in [0.25, 0.3) is 0 Å². The summed E-state index contributed by atoms with van der Waals surface area (Å²) >= 11 is 0. The van der Waals surface area contributed by atoms with Crippen LogP contribution in [0, 0.1) is 30.5 Å². The maximum atomic E-state index is 10.1. The molecular weight excluding hydrogens is 1040 g/mol. The molecule has 9 rings (SSSR count). The van der Waals surface area contributed by atoms with E-state index in [1.165, 1.54) is 23.9 Å². The average Bonchev–Trinajstić information content (AvgIpc) is 3.44. The number of hydrogen-bond donors (Lipinski definition) is 0. The molecule has 6 aromatic carbocycles. The van der Waals surface area contributed by atoms with Crippen LogP contribution in [0.2, 0.25) is 0 Å². The van der Waals surface area contributed by atoms with E-state index in [-0.39, 0.29) is 42.2 Å². The third kappa shape index (κ3) is 12.9. The molecule has 0 fully saturated rings. The summed E-state index contributed by atoms with van der Waals surface area (Å²) in [6.45, 7) is 13.0. The largest absolute Gasteiger partial charge is 3.00 e. The molecule has 4 heteroatoms. The molecule has 0 aliphatic carbocycles. The van der Waals surface area contributed by atoms with E-state index in [0.29, 0.717) is 35.2 Å². The third-order valence-corrected chi connectivity index (χ3v) is 12.9. The Bertz CT molecular complexity index is 3360. The van der Waals surface area contributed by atoms with Gasteiger partial charge in [0.1, 0.15) is 0 Å². The first kappa shape index (κ1) is 42.1. The zero-order valence-corrected chi connectivity index (χ0v) is 44.0. The van der Waals surface area contributed by atoms with E-state index in [1.807, 2.05) is 109 Å². The van der Waals surface area contributed by atoms with E-state index in [0.717, 1.165) is 62.3 Å². The molecule has 0 saturated carbocycles. The summed E-state index contributed by atoms with van der Waals surface area (Å²) in [4.78, 5) is 14.4. The Balaban J connectivity index is 0.00000803. The van der Waals surface area contributed by atoms with E-state index < -0.39 is 30.4 Å². The number of benzene rings is 6. The summed E-state index contributed by atoms with van der Waals surface area (Å²) < 4.78 is 64.2. The smallest absolute Gasteiger partial charge is 0.304 e. The molecule has 0 amide bonds. The Hall–Kier alpha value is -6.58. The molecule has 0 saturated heterocycles. The molecule has 3 aromatic heterocycles. The number of nitrogens with zero attached hydrogens (tertiary/aromatic N) is 3. The molecule has 0 unspecified atom stereocenters. The fourth-order valence-corrected chi connectivity index (χ4v) is 9.23. The number of pyridine rings is 3. The average molecular weight is 1110 g/mol. The van der Waals surface area contributed by atoms with Crippen molar-refractivity contribution < 1.29 is 29.7 Å². The van der Waals surface area contributed by atoms with Crippen molar-refractivity contribution in [3.05, 3.63) is 245 Å². The first-order chi connectivity index (χ1) is 36.4. The Morgan fingerprint density at radius 1 is 0.465 bits per heavy atom. The van der Waals surface area contributed by atoms with Crippen molar-refractivity contribution in [2.24, 2.45) is 5.41 Å². The second-order valence-electron chi connectivity index (χ2n) is 20.9. The second-order valence-corrected chi connectivity index (χ2v) is 20.9. The quantitative estimate of drug-likeness (QED) is 0.0961. The van der Waals surface area contributed by atoms with E-state index >= 15 is 0 Å². The zero-order valence-electron chi connectivity index (χ0n) is 48.6. The molecule has 0 aliphatic rings. The fraction of sp³-hybridized carbons (Fsp3) is 0.239. The molecule has 0 spiro atoms. The van der Waals surface area contributed by atoms with Crippen molar-refractivity contribution in [1.82, 2.24) is 15.0 Å². The van der Waals surface area contributed by atoms with Gasteiger partial charge in [-0.2, -0.15) is 0 Å². The number of aryl methyl sites for hydroxylation is 3. The van der Waals surface area contributed by atoms with Crippen LogP contribution in [0.1, 0.15) is 103 Å². The number of hydrogen-bond acceptors (Lipinski definition) is 3. The Labute approximate surface area is 447 Å². The van der Waals surface area contributed by atoms with Gasteiger partial charge in [0, 0.05) is 28.2 Å². The molecule has 356 valence electrons. The minimum Gasteiger partial charge on any atom is -0.304 e. The number of rotatable bonds is 15. The molecule has 3 nitrogen and oxygen atoms in total. The second kappa shape index (κ2) is 21.8. The Morgan fingerprint density at radius 2 is 1.04 bits per heavy atom. The maximum absolute atomic E-state index is 10.1. The van der Waals surface area contributed by atoms with Crippen LogP contribution in [0.25, 0.3) is 56.0 Å². The van der Waals surface area contributed by atoms with E-state index in [4.69, 9.17) is 19.1 Å². The van der Waals surface area contributed by atoms with Crippen LogP contribution in [0.15, 0.2) is 182 Å². The SMILES string of the molecule is [2H]C([2H])([2H])c1c[c-]c(-c2cc(-c3cccc(-c4ccc(CC(C)(C)C)cc4)c3)c(C([2H])([2H])C([2H])([2H])c3cc(CC(C)(C)c4ccc(-c5[c-]cccc5)nc4)cc(CC(C)(C)c4ccc(-c5[c-]cccc5)nc4)c3)cn2)cc1.[Ir+3]. The predicted octanol–water partition coefficient (Wildman–Crippen LogP) is 16.3. The van der Waals surface area contributed by atoms with Crippen LogP contribution in [-0.2, 0) is 62.9 Å². The first-order valence-electron chi connectivity index (χ1n) is 27.6. The Kier molecular flexibility index (Phi) is 12.9. The number of aromatic nitrogens is 3. The van der Waals surface area contributed by atoms with Crippen LogP contribution < -0.4 is 0 Å². The van der Waals surface area contributed by atoms with Crippen molar-refractivity contribution in [2.75, 3.05) is 0 Å². The van der Waals surface area contributed by atoms with Crippen molar-refractivity contribution in [3.8, 4) is 56.0 Å². The molecular formula is C67H64IrN3. The minimum absolute atomic E-state index is 0. The third-order valence-electron chi connectivity index (χ3n) is 12.9. The van der Waals surface area contributed by atoms with Gasteiger partial charge in [-0.25, -0.2) is 0 Å². The molecule has 71 heavy (non-hydrogen) atoms. The molecule has 0 radical (unpaired) electrons. The molecule has 0 N–H and O–H groups in total. The van der Waals surface area contributed by atoms with Gasteiger partial charge in [-0.15, -0.1) is 107 Å². The van der Waals surface area contributed by atoms with Crippen molar-refractivity contribution >= 4 is 0 Å². The maximum Gasteiger partial charge on any atom is 3.00 e. The monoisotopic (exact) mass is 1110 g/mol. The van der Waals surface area contributed by atoms with Crippen LogP contribution >= 0.6 is 0 Å². The van der Waals surface area contributed by atoms with Gasteiger partial charge >= 0.3 is 20.1 Å². The Morgan fingerprint density at radius 3 is 1.56 bits per heavy atom. The van der Waals surface area contributed by atoms with Crippen LogP contribution in [-0.4, -0.2) is 15.0 Å². The standard InChI is InChI=1S/C67H64N3.Ir/c1-47-22-27-55(28-23-47)64-40-61(57-21-15-20-56(39-57)52-29-24-48(25-30-52)41-65(2,3)4)58(44-68-64)31-26-49-36-50(42-66(5,6)59-32-34-62(69-45-59)53-16-11-9-12-17-53)38-51(37-49)43-67(7,8)60-33-35-63(70-46-60)54-18-13-10-14-19-54;/h9-16,18,20-25,27,29-30,32-40,44-46H,26,31,41-43H2,1-8H3;/q-3;+3/i1D3,26D2,31D2;. The summed E-state index contributed by atoms with van der Waals surface area (Å²) in [6, 6.07) is 61.9. The summed E-state index contributed by atoms with van der Waals surface area (Å²) in [5, 5.41) is 0. The van der Waals surface area contributed by atoms with Gasteiger partial charge in [-0.1, -0.05) is 146 Å². The van der Waals surface area contributed by atoms with Gasteiger partial charge < -0.3 is 15.0 Å². The molecule has 3 heterocycles. The van der Waals surface area contributed by atoms with Gasteiger partial charge in [0.05, 0.1) is 0 Å². The van der Waals surface area contributed by atoms with E-state index in [1.54, 1.807) is 12.1 Å². The first-order valence-corrected chi connectivity index (χ1v) is 24.1. The molecule has 0 bridgehead atoms. The van der Waals surface area contributed by atoms with Crippen molar-refractivity contribution in [1.29, 1.82) is 0 Å². The summed E-state index contributed by atoms with van der Waals surface area (Å²) in [7, 11) is 0. The zero-order chi connectivity index (χ0) is 55.0. The van der Waals surface area contributed by atoms with Crippen LogP contribution in [0.3, 0.4) is 0 Å². The molecule has 9 aromatic rings. The van der Waals surface area contributed by atoms with Crippen LogP contribution in [0.5, 0.6) is 0 Å². The molecule has 0 atom stereocenters. The summed E-state index contributed by atoms with van der Waals surface area (Å²) in [5.41, 5.74) is 12.0. The van der Waals surface area contributed by atoms with Crippen LogP contribution in [0.4, 0.5) is 0 Å². The van der Waals surface area contributed by atoms with Gasteiger partial charge in [-0.3, -0.25) is 0 Å². The summed E-state index contributed by atoms with van der Waals surface area (Å²) in [5.74, 6) is 0. The van der Waals surface area contributed by atoms with Crippen molar-refractivity contribution in [3.63, 3.8) is 0 Å².